The highest BCUT2D eigenvalue weighted by molar-refractivity contribution is 9.10. The molecular weight excluding hydrogens is 290 g/mol. The lowest BCUT2D eigenvalue weighted by molar-refractivity contribution is -0.121. The molecule has 0 aromatic carbocycles. The Balaban J connectivity index is 2.20. The molecule has 0 aliphatic carbocycles. The van der Waals surface area contributed by atoms with Crippen molar-refractivity contribution in [2.24, 2.45) is 0 Å². The van der Waals surface area contributed by atoms with Crippen molar-refractivity contribution >= 4 is 44.5 Å². The Labute approximate surface area is 103 Å². The van der Waals surface area contributed by atoms with Gasteiger partial charge in [-0.1, -0.05) is 0 Å². The van der Waals surface area contributed by atoms with E-state index in [1.807, 2.05) is 0 Å². The molecule has 0 saturated carbocycles. The number of Topliss-reactive ketones (excluding diaryl/α,β-unsaturated/α-hetero) is 1. The number of amides is 1. The van der Waals surface area contributed by atoms with E-state index in [0.29, 0.717) is 21.5 Å². The van der Waals surface area contributed by atoms with Crippen molar-refractivity contribution in [3.8, 4) is 0 Å². The zero-order valence-electron chi connectivity index (χ0n) is 8.47. The van der Waals surface area contributed by atoms with Crippen LogP contribution < -0.4 is 4.90 Å². The summed E-state index contributed by atoms with van der Waals surface area (Å²) in [4.78, 5) is 32.3. The van der Waals surface area contributed by atoms with E-state index in [2.05, 4.69) is 36.1 Å². The van der Waals surface area contributed by atoms with Gasteiger partial charge in [0.05, 0.1) is 18.4 Å². The maximum atomic E-state index is 11.7. The highest BCUT2D eigenvalue weighted by atomic mass is 79.9. The first-order valence-corrected chi connectivity index (χ1v) is 5.63. The van der Waals surface area contributed by atoms with Crippen LogP contribution in [0.1, 0.15) is 6.42 Å². The first kappa shape index (κ1) is 10.3. The number of aromatic nitrogens is 4. The topological polar surface area (TPSA) is 91.8 Å². The number of ketones is 1. The van der Waals surface area contributed by atoms with Crippen LogP contribution >= 0.6 is 15.9 Å². The Hall–Kier alpha value is -1.83. The number of H-pyrrole nitrogens is 1. The number of nitrogens with zero attached hydrogens (tertiary/aromatic N) is 4. The molecule has 1 fully saturated rings. The lowest BCUT2D eigenvalue weighted by Crippen LogP contribution is -2.25. The lowest BCUT2D eigenvalue weighted by atomic mass is 10.3. The Morgan fingerprint density at radius 1 is 1.35 bits per heavy atom. The number of nitrogens with one attached hydrogen (secondary N) is 1. The third kappa shape index (κ3) is 1.52. The molecule has 1 saturated heterocycles. The number of hydrogen-bond acceptors (Lipinski definition) is 5. The van der Waals surface area contributed by atoms with Crippen molar-refractivity contribution in [3.05, 3.63) is 10.9 Å². The van der Waals surface area contributed by atoms with Crippen molar-refractivity contribution in [2.45, 2.75) is 6.42 Å². The average Bonchev–Trinajstić information content (AvgIpc) is 2.83. The van der Waals surface area contributed by atoms with Crippen LogP contribution in [0.3, 0.4) is 0 Å². The maximum Gasteiger partial charge on any atom is 0.236 e. The molecule has 17 heavy (non-hydrogen) atoms. The summed E-state index contributed by atoms with van der Waals surface area (Å²) in [6.45, 7) is 0.0581. The van der Waals surface area contributed by atoms with E-state index >= 15 is 0 Å². The summed E-state index contributed by atoms with van der Waals surface area (Å²) >= 11 is 3.28. The van der Waals surface area contributed by atoms with Gasteiger partial charge in [0.15, 0.2) is 17.2 Å². The van der Waals surface area contributed by atoms with Crippen LogP contribution in [0.25, 0.3) is 11.0 Å². The number of aromatic amines is 1. The minimum Gasteiger partial charge on any atom is -0.297 e. The van der Waals surface area contributed by atoms with Gasteiger partial charge in [-0.15, -0.1) is 0 Å². The largest absolute Gasteiger partial charge is 0.297 e. The fourth-order valence-electron chi connectivity index (χ4n) is 1.79. The van der Waals surface area contributed by atoms with E-state index in [9.17, 15) is 9.59 Å². The van der Waals surface area contributed by atoms with Crippen LogP contribution in [0.5, 0.6) is 0 Å². The molecule has 2 aromatic heterocycles. The maximum absolute atomic E-state index is 11.7. The molecule has 3 heterocycles. The molecular formula is C9H6BrN5O2. The van der Waals surface area contributed by atoms with Gasteiger partial charge in [-0.25, -0.2) is 9.97 Å². The summed E-state index contributed by atoms with van der Waals surface area (Å²) in [5.41, 5.74) is 0.453. The quantitative estimate of drug-likeness (QED) is 0.770. The third-order valence-electron chi connectivity index (χ3n) is 2.53. The Bertz CT molecular complexity index is 637. The second-order valence-corrected chi connectivity index (χ2v) is 4.42. The minimum atomic E-state index is -0.247. The molecule has 0 spiro atoms. The number of carbonyl (C=O) groups excluding carboxylic acids is 2. The van der Waals surface area contributed by atoms with Gasteiger partial charge in [0, 0.05) is 0 Å². The summed E-state index contributed by atoms with van der Waals surface area (Å²) in [7, 11) is 0. The predicted octanol–water partition coefficient (Wildman–Crippen LogP) is 0.421. The van der Waals surface area contributed by atoms with Gasteiger partial charge in [0.25, 0.3) is 0 Å². The molecule has 86 valence electrons. The smallest absolute Gasteiger partial charge is 0.236 e. The van der Waals surface area contributed by atoms with Gasteiger partial charge in [-0.2, -0.15) is 5.10 Å². The third-order valence-corrected chi connectivity index (χ3v) is 3.10. The summed E-state index contributed by atoms with van der Waals surface area (Å²) in [5, 5.41) is 7.26. The lowest BCUT2D eigenvalue weighted by Gasteiger charge is -2.13. The van der Waals surface area contributed by atoms with E-state index in [-0.39, 0.29) is 24.7 Å². The molecule has 0 bridgehead atoms. The number of rotatable bonds is 1. The average molecular weight is 296 g/mol. The van der Waals surface area contributed by atoms with Gasteiger partial charge in [0.1, 0.15) is 10.9 Å². The fourth-order valence-corrected chi connectivity index (χ4v) is 2.23. The normalized spacial score (nSPS) is 16.2. The number of fused-ring (bicyclic) bond motifs is 1. The van der Waals surface area contributed by atoms with Crippen LogP contribution in [-0.2, 0) is 9.59 Å². The van der Waals surface area contributed by atoms with Gasteiger partial charge < -0.3 is 0 Å². The van der Waals surface area contributed by atoms with Gasteiger partial charge in [-0.05, 0) is 15.9 Å². The van der Waals surface area contributed by atoms with Crippen LogP contribution in [-0.4, -0.2) is 38.4 Å². The first-order valence-electron chi connectivity index (χ1n) is 4.83. The van der Waals surface area contributed by atoms with E-state index in [4.69, 9.17) is 0 Å². The van der Waals surface area contributed by atoms with Crippen molar-refractivity contribution in [2.75, 3.05) is 11.4 Å². The van der Waals surface area contributed by atoms with Crippen molar-refractivity contribution < 1.29 is 9.59 Å². The van der Waals surface area contributed by atoms with Gasteiger partial charge in [0.2, 0.25) is 5.91 Å². The molecule has 0 radical (unpaired) electrons. The molecule has 1 amide bonds. The van der Waals surface area contributed by atoms with E-state index in [1.165, 1.54) is 11.2 Å². The standard InChI is InChI=1S/C9H6BrN5O2/c10-7-6-8(14-13-7)11-3-12-9(6)15-2-4(16)1-5(15)17/h3H,1-2H2,(H,11,12,13,14). The SMILES string of the molecule is O=C1CC(=O)N(c2ncnc3n[nH]c(Br)c23)C1. The highest BCUT2D eigenvalue weighted by Gasteiger charge is 2.31. The summed E-state index contributed by atoms with van der Waals surface area (Å²) in [6, 6.07) is 0. The molecule has 3 rings (SSSR count). The van der Waals surface area contributed by atoms with Crippen LogP contribution in [0.2, 0.25) is 0 Å². The van der Waals surface area contributed by atoms with Crippen molar-refractivity contribution in [1.82, 2.24) is 20.2 Å². The predicted molar refractivity (Wildman–Crippen MR) is 61.4 cm³/mol. The second kappa shape index (κ2) is 3.59. The van der Waals surface area contributed by atoms with E-state index < -0.39 is 0 Å². The Kier molecular flexibility index (Phi) is 2.18. The summed E-state index contributed by atoms with van der Waals surface area (Å²) in [6.07, 6.45) is 1.25. The van der Waals surface area contributed by atoms with E-state index in [1.54, 1.807) is 0 Å². The summed E-state index contributed by atoms with van der Waals surface area (Å²) in [5.74, 6) is 0.0518. The molecule has 1 aliphatic rings. The number of hydrogen-bond donors (Lipinski definition) is 1. The zero-order chi connectivity index (χ0) is 12.0. The Morgan fingerprint density at radius 2 is 2.18 bits per heavy atom. The van der Waals surface area contributed by atoms with Crippen LogP contribution in [0.15, 0.2) is 10.9 Å². The molecule has 1 aliphatic heterocycles. The minimum absolute atomic E-state index is 0.0581. The van der Waals surface area contributed by atoms with Gasteiger partial charge >= 0.3 is 0 Å². The van der Waals surface area contributed by atoms with Crippen molar-refractivity contribution in [1.29, 1.82) is 0 Å². The van der Waals surface area contributed by atoms with Gasteiger partial charge in [-0.3, -0.25) is 19.6 Å². The molecule has 0 unspecified atom stereocenters. The zero-order valence-corrected chi connectivity index (χ0v) is 10.1. The summed E-state index contributed by atoms with van der Waals surface area (Å²) < 4.78 is 0.593. The van der Waals surface area contributed by atoms with E-state index in [0.717, 1.165) is 0 Å². The highest BCUT2D eigenvalue weighted by Crippen LogP contribution is 2.29. The monoisotopic (exact) mass is 295 g/mol. The number of halogens is 1. The number of carbonyl (C=O) groups is 2. The van der Waals surface area contributed by atoms with Crippen molar-refractivity contribution in [3.63, 3.8) is 0 Å². The molecule has 7 nitrogen and oxygen atoms in total. The number of anilines is 1. The van der Waals surface area contributed by atoms with Crippen LogP contribution in [0.4, 0.5) is 5.82 Å². The molecule has 0 atom stereocenters. The molecule has 8 heteroatoms. The fraction of sp³-hybridized carbons (Fsp3) is 0.222. The molecule has 2 aromatic rings. The second-order valence-electron chi connectivity index (χ2n) is 3.63. The molecule has 1 N–H and O–H groups in total. The Morgan fingerprint density at radius 3 is 2.88 bits per heavy atom. The first-order chi connectivity index (χ1) is 8.16. The van der Waals surface area contributed by atoms with Crippen LogP contribution in [0, 0.1) is 0 Å².